The van der Waals surface area contributed by atoms with Crippen molar-refractivity contribution in [1.82, 2.24) is 14.9 Å². The van der Waals surface area contributed by atoms with Crippen molar-refractivity contribution >= 4 is 34.1 Å². The van der Waals surface area contributed by atoms with Crippen molar-refractivity contribution in [3.8, 4) is 22.6 Å². The SMILES string of the molecule is COc1ccc(-c2ccc3nc(N)ncc3c2)c(OC)c1C(=O)Nc1cc(C(F)(F)F)ccc1NCCCCN(C)C. The van der Waals surface area contributed by atoms with E-state index in [0.29, 0.717) is 28.9 Å². The molecular formula is C30H33F3N6O3. The van der Waals surface area contributed by atoms with E-state index in [0.717, 1.165) is 36.9 Å². The molecule has 12 heteroatoms. The maximum Gasteiger partial charge on any atom is 0.416 e. The monoisotopic (exact) mass is 582 g/mol. The molecule has 42 heavy (non-hydrogen) atoms. The van der Waals surface area contributed by atoms with Crippen LogP contribution in [-0.4, -0.2) is 62.2 Å². The Bertz CT molecular complexity index is 1580. The predicted octanol–water partition coefficient (Wildman–Crippen LogP) is 5.92. The molecule has 0 saturated carbocycles. The van der Waals surface area contributed by atoms with Gasteiger partial charge in [-0.15, -0.1) is 0 Å². The third-order valence-electron chi connectivity index (χ3n) is 6.62. The van der Waals surface area contributed by atoms with Gasteiger partial charge in [-0.05, 0) is 81.5 Å². The van der Waals surface area contributed by atoms with E-state index in [2.05, 4.69) is 25.5 Å². The molecule has 4 N–H and O–H groups in total. The fourth-order valence-corrected chi connectivity index (χ4v) is 4.54. The number of nitrogens with two attached hydrogens (primary N) is 1. The molecule has 1 aromatic heterocycles. The number of carbonyl (C=O) groups is 1. The third kappa shape index (κ3) is 7.00. The molecule has 0 atom stereocenters. The lowest BCUT2D eigenvalue weighted by Gasteiger charge is -2.19. The van der Waals surface area contributed by atoms with Gasteiger partial charge in [0.25, 0.3) is 5.91 Å². The molecule has 4 rings (SSSR count). The standard InChI is InChI=1S/C30H33F3N6O3/c1-39(2)14-6-5-13-35-23-11-8-20(30(31,32)33)16-24(23)37-28(40)26-25(41-3)12-9-21(27(26)42-4)18-7-10-22-19(15-18)17-36-29(34)38-22/h7-12,15-17,35H,5-6,13-14H2,1-4H3,(H,37,40)(H2,34,36,38). The van der Waals surface area contributed by atoms with Gasteiger partial charge in [-0.2, -0.15) is 13.2 Å². The first-order valence-electron chi connectivity index (χ1n) is 13.2. The molecule has 9 nitrogen and oxygen atoms in total. The van der Waals surface area contributed by atoms with Crippen LogP contribution in [0.2, 0.25) is 0 Å². The fraction of sp³-hybridized carbons (Fsp3) is 0.300. The molecule has 0 spiro atoms. The van der Waals surface area contributed by atoms with E-state index in [-0.39, 0.29) is 28.7 Å². The zero-order valence-corrected chi connectivity index (χ0v) is 23.8. The van der Waals surface area contributed by atoms with Gasteiger partial charge in [0.15, 0.2) is 0 Å². The van der Waals surface area contributed by atoms with Gasteiger partial charge in [-0.25, -0.2) is 9.97 Å². The van der Waals surface area contributed by atoms with Gasteiger partial charge in [0.1, 0.15) is 17.1 Å². The number of nitrogens with one attached hydrogen (secondary N) is 2. The van der Waals surface area contributed by atoms with Crippen molar-refractivity contribution in [2.45, 2.75) is 19.0 Å². The quantitative estimate of drug-likeness (QED) is 0.187. The average molecular weight is 583 g/mol. The molecule has 0 aliphatic carbocycles. The fourth-order valence-electron chi connectivity index (χ4n) is 4.54. The molecule has 0 unspecified atom stereocenters. The highest BCUT2D eigenvalue weighted by atomic mass is 19.4. The van der Waals surface area contributed by atoms with Crippen molar-refractivity contribution in [1.29, 1.82) is 0 Å². The molecule has 0 radical (unpaired) electrons. The number of ether oxygens (including phenoxy) is 2. The molecule has 0 aliphatic rings. The summed E-state index contributed by atoms with van der Waals surface area (Å²) in [4.78, 5) is 24.1. The van der Waals surface area contributed by atoms with Crippen LogP contribution in [-0.2, 0) is 6.18 Å². The Kier molecular flexibility index (Phi) is 9.36. The van der Waals surface area contributed by atoms with Crippen LogP contribution in [0.3, 0.4) is 0 Å². The maximum atomic E-state index is 13.8. The number of aromatic nitrogens is 2. The molecular weight excluding hydrogens is 549 g/mol. The summed E-state index contributed by atoms with van der Waals surface area (Å²) < 4.78 is 52.0. The first-order valence-corrected chi connectivity index (χ1v) is 13.2. The Balaban J connectivity index is 1.71. The van der Waals surface area contributed by atoms with E-state index in [1.54, 1.807) is 30.5 Å². The number of benzene rings is 3. The molecule has 0 saturated heterocycles. The van der Waals surface area contributed by atoms with Gasteiger partial charge in [-0.1, -0.05) is 6.07 Å². The second-order valence-electron chi connectivity index (χ2n) is 9.87. The summed E-state index contributed by atoms with van der Waals surface area (Å²) in [6.45, 7) is 1.40. The summed E-state index contributed by atoms with van der Waals surface area (Å²) in [7, 11) is 6.75. The number of hydrogen-bond donors (Lipinski definition) is 3. The molecule has 3 aromatic carbocycles. The summed E-state index contributed by atoms with van der Waals surface area (Å²) in [6.07, 6.45) is -1.31. The second kappa shape index (κ2) is 12.9. The smallest absolute Gasteiger partial charge is 0.416 e. The normalized spacial score (nSPS) is 11.5. The number of unbranched alkanes of at least 4 members (excludes halogenated alkanes) is 1. The highest BCUT2D eigenvalue weighted by Gasteiger charge is 2.32. The number of rotatable bonds is 11. The number of halogens is 3. The van der Waals surface area contributed by atoms with Crippen LogP contribution >= 0.6 is 0 Å². The van der Waals surface area contributed by atoms with E-state index < -0.39 is 17.6 Å². The van der Waals surface area contributed by atoms with Gasteiger partial charge >= 0.3 is 6.18 Å². The summed E-state index contributed by atoms with van der Waals surface area (Å²) in [6, 6.07) is 11.9. The maximum absolute atomic E-state index is 13.8. The van der Waals surface area contributed by atoms with Crippen LogP contribution < -0.4 is 25.8 Å². The lowest BCUT2D eigenvalue weighted by atomic mass is 9.98. The topological polar surface area (TPSA) is 115 Å². The number of methoxy groups -OCH3 is 2. The van der Waals surface area contributed by atoms with Gasteiger partial charge in [-0.3, -0.25) is 4.79 Å². The van der Waals surface area contributed by atoms with Gasteiger partial charge < -0.3 is 30.7 Å². The minimum absolute atomic E-state index is 0.0163. The van der Waals surface area contributed by atoms with Crippen molar-refractivity contribution in [3.05, 3.63) is 65.9 Å². The highest BCUT2D eigenvalue weighted by molar-refractivity contribution is 6.11. The summed E-state index contributed by atoms with van der Waals surface area (Å²) >= 11 is 0. The number of alkyl halides is 3. The van der Waals surface area contributed by atoms with E-state index in [1.807, 2.05) is 20.2 Å². The van der Waals surface area contributed by atoms with Crippen LogP contribution in [0.1, 0.15) is 28.8 Å². The predicted molar refractivity (Wildman–Crippen MR) is 158 cm³/mol. The molecule has 1 heterocycles. The second-order valence-corrected chi connectivity index (χ2v) is 9.87. The Hall–Kier alpha value is -4.58. The average Bonchev–Trinajstić information content (AvgIpc) is 2.95. The molecule has 0 bridgehead atoms. The third-order valence-corrected chi connectivity index (χ3v) is 6.62. The zero-order valence-electron chi connectivity index (χ0n) is 23.8. The van der Waals surface area contributed by atoms with Gasteiger partial charge in [0, 0.05) is 23.7 Å². The Morgan fingerprint density at radius 2 is 1.79 bits per heavy atom. The van der Waals surface area contributed by atoms with Crippen molar-refractivity contribution in [2.75, 3.05) is 57.8 Å². The van der Waals surface area contributed by atoms with Crippen molar-refractivity contribution < 1.29 is 27.4 Å². The number of amides is 1. The summed E-state index contributed by atoms with van der Waals surface area (Å²) in [5, 5.41) is 6.53. The van der Waals surface area contributed by atoms with E-state index in [1.165, 1.54) is 20.3 Å². The minimum atomic E-state index is -4.59. The van der Waals surface area contributed by atoms with Crippen LogP contribution in [0.15, 0.2) is 54.7 Å². The molecule has 4 aromatic rings. The van der Waals surface area contributed by atoms with Crippen molar-refractivity contribution in [3.63, 3.8) is 0 Å². The van der Waals surface area contributed by atoms with E-state index in [9.17, 15) is 18.0 Å². The number of carbonyl (C=O) groups excluding carboxylic acids is 1. The Morgan fingerprint density at radius 3 is 2.48 bits per heavy atom. The number of anilines is 3. The van der Waals surface area contributed by atoms with Crippen LogP contribution in [0.5, 0.6) is 11.5 Å². The van der Waals surface area contributed by atoms with E-state index >= 15 is 0 Å². The first-order chi connectivity index (χ1) is 20.0. The summed E-state index contributed by atoms with van der Waals surface area (Å²) in [5.74, 6) is -0.173. The van der Waals surface area contributed by atoms with Gasteiger partial charge in [0.2, 0.25) is 5.95 Å². The molecule has 1 amide bonds. The minimum Gasteiger partial charge on any atom is -0.496 e. The molecule has 222 valence electrons. The Morgan fingerprint density at radius 1 is 1.00 bits per heavy atom. The lowest BCUT2D eigenvalue weighted by Crippen LogP contribution is -2.18. The number of nitrogens with zero attached hydrogens (tertiary/aromatic N) is 3. The summed E-state index contributed by atoms with van der Waals surface area (Å²) in [5.41, 5.74) is 7.08. The van der Waals surface area contributed by atoms with Crippen LogP contribution in [0, 0.1) is 0 Å². The van der Waals surface area contributed by atoms with Crippen LogP contribution in [0.25, 0.3) is 22.0 Å². The van der Waals surface area contributed by atoms with E-state index in [4.69, 9.17) is 15.2 Å². The molecule has 0 aliphatic heterocycles. The number of fused-ring (bicyclic) bond motifs is 1. The first kappa shape index (κ1) is 30.4. The largest absolute Gasteiger partial charge is 0.496 e. The number of nitrogen functional groups attached to an aromatic ring is 1. The zero-order chi connectivity index (χ0) is 30.4. The van der Waals surface area contributed by atoms with Crippen molar-refractivity contribution in [2.24, 2.45) is 0 Å². The number of hydrogen-bond acceptors (Lipinski definition) is 8. The van der Waals surface area contributed by atoms with Gasteiger partial charge in [0.05, 0.1) is 36.7 Å². The highest BCUT2D eigenvalue weighted by Crippen LogP contribution is 2.40. The molecule has 0 fully saturated rings. The lowest BCUT2D eigenvalue weighted by molar-refractivity contribution is -0.137. The van der Waals surface area contributed by atoms with Crippen LogP contribution in [0.4, 0.5) is 30.5 Å². The Labute approximate surface area is 241 Å².